The minimum Gasteiger partial charge on any atom is -0.229 e. The smallest absolute Gasteiger partial charge is 0.154 e. The van der Waals surface area contributed by atoms with E-state index in [0.717, 1.165) is 32.1 Å². The molecule has 1 aliphatic rings. The first-order valence-corrected chi connectivity index (χ1v) is 7.44. The molecule has 0 aromatic carbocycles. The van der Waals surface area contributed by atoms with Crippen molar-refractivity contribution in [1.82, 2.24) is 0 Å². The van der Waals surface area contributed by atoms with Crippen molar-refractivity contribution in [3.05, 3.63) is 0 Å². The Balaban J connectivity index is 2.57. The standard InChI is InChI=1S/C11H19NO2S/c1-2-3-4-8-15(13,14)11-7-5-6-10(11)9-12/h10-11H,2-8H2,1H3. The summed E-state index contributed by atoms with van der Waals surface area (Å²) in [6, 6.07) is 2.13. The maximum atomic E-state index is 11.9. The van der Waals surface area contributed by atoms with E-state index in [1.807, 2.05) is 0 Å². The zero-order chi connectivity index (χ0) is 11.3. The van der Waals surface area contributed by atoms with Crippen LogP contribution in [0.3, 0.4) is 0 Å². The average molecular weight is 229 g/mol. The maximum Gasteiger partial charge on any atom is 0.154 e. The molecule has 1 fully saturated rings. The van der Waals surface area contributed by atoms with E-state index in [-0.39, 0.29) is 16.9 Å². The van der Waals surface area contributed by atoms with Crippen molar-refractivity contribution in [3.63, 3.8) is 0 Å². The molecule has 0 bridgehead atoms. The summed E-state index contributed by atoms with van der Waals surface area (Å²) in [5.74, 6) is 0.0144. The molecule has 86 valence electrons. The lowest BCUT2D eigenvalue weighted by molar-refractivity contribution is 0.561. The predicted molar refractivity (Wildman–Crippen MR) is 60.1 cm³/mol. The Morgan fingerprint density at radius 1 is 1.33 bits per heavy atom. The molecule has 0 saturated heterocycles. The molecule has 0 aliphatic heterocycles. The second-order valence-corrected chi connectivity index (χ2v) is 6.62. The monoisotopic (exact) mass is 229 g/mol. The van der Waals surface area contributed by atoms with Gasteiger partial charge in [-0.2, -0.15) is 5.26 Å². The van der Waals surface area contributed by atoms with Crippen LogP contribution in [0.1, 0.15) is 45.4 Å². The largest absolute Gasteiger partial charge is 0.229 e. The average Bonchev–Trinajstić information content (AvgIpc) is 2.66. The second-order valence-electron chi connectivity index (χ2n) is 4.28. The normalized spacial score (nSPS) is 26.4. The highest BCUT2D eigenvalue weighted by Gasteiger charge is 2.36. The summed E-state index contributed by atoms with van der Waals surface area (Å²) in [4.78, 5) is 0. The van der Waals surface area contributed by atoms with Crippen molar-refractivity contribution in [2.75, 3.05) is 5.75 Å². The van der Waals surface area contributed by atoms with Crippen molar-refractivity contribution in [2.45, 2.75) is 50.7 Å². The van der Waals surface area contributed by atoms with Crippen LogP contribution in [0.15, 0.2) is 0 Å². The third-order valence-electron chi connectivity index (χ3n) is 3.11. The molecule has 0 radical (unpaired) electrons. The zero-order valence-electron chi connectivity index (χ0n) is 9.28. The molecular formula is C11H19NO2S. The molecule has 0 heterocycles. The summed E-state index contributed by atoms with van der Waals surface area (Å²) in [5.41, 5.74) is 0. The van der Waals surface area contributed by atoms with E-state index >= 15 is 0 Å². The van der Waals surface area contributed by atoms with Gasteiger partial charge in [-0.15, -0.1) is 0 Å². The minimum absolute atomic E-state index is 0.253. The number of unbranched alkanes of at least 4 members (excludes halogenated alkanes) is 2. The summed E-state index contributed by atoms with van der Waals surface area (Å²) < 4.78 is 23.9. The van der Waals surface area contributed by atoms with Crippen LogP contribution in [0.5, 0.6) is 0 Å². The highest BCUT2D eigenvalue weighted by atomic mass is 32.2. The topological polar surface area (TPSA) is 57.9 Å². The van der Waals surface area contributed by atoms with E-state index in [2.05, 4.69) is 13.0 Å². The first-order chi connectivity index (χ1) is 7.11. The highest BCUT2D eigenvalue weighted by Crippen LogP contribution is 2.31. The fourth-order valence-corrected chi connectivity index (χ4v) is 4.34. The van der Waals surface area contributed by atoms with Crippen molar-refractivity contribution >= 4 is 9.84 Å². The summed E-state index contributed by atoms with van der Waals surface area (Å²) >= 11 is 0. The van der Waals surface area contributed by atoms with Crippen LogP contribution < -0.4 is 0 Å². The van der Waals surface area contributed by atoms with Crippen molar-refractivity contribution in [3.8, 4) is 6.07 Å². The van der Waals surface area contributed by atoms with Gasteiger partial charge in [0, 0.05) is 0 Å². The SMILES string of the molecule is CCCCCS(=O)(=O)C1CCCC1C#N. The lowest BCUT2D eigenvalue weighted by atomic mass is 10.1. The van der Waals surface area contributed by atoms with Crippen LogP contribution in [0.4, 0.5) is 0 Å². The van der Waals surface area contributed by atoms with Gasteiger partial charge in [0.15, 0.2) is 9.84 Å². The van der Waals surface area contributed by atoms with Gasteiger partial charge in [-0.3, -0.25) is 0 Å². The van der Waals surface area contributed by atoms with Gasteiger partial charge >= 0.3 is 0 Å². The number of sulfone groups is 1. The molecule has 2 unspecified atom stereocenters. The van der Waals surface area contributed by atoms with E-state index < -0.39 is 9.84 Å². The lowest BCUT2D eigenvalue weighted by Crippen LogP contribution is -2.27. The van der Waals surface area contributed by atoms with Crippen molar-refractivity contribution < 1.29 is 8.42 Å². The number of nitrogens with zero attached hydrogens (tertiary/aromatic N) is 1. The fraction of sp³-hybridized carbons (Fsp3) is 0.909. The van der Waals surface area contributed by atoms with Gasteiger partial charge in [0.1, 0.15) is 0 Å². The summed E-state index contributed by atoms with van der Waals surface area (Å²) in [7, 11) is -3.02. The summed E-state index contributed by atoms with van der Waals surface area (Å²) in [6.45, 7) is 2.06. The van der Waals surface area contributed by atoms with E-state index in [1.54, 1.807) is 0 Å². The Labute approximate surface area is 92.4 Å². The van der Waals surface area contributed by atoms with Crippen LogP contribution in [-0.2, 0) is 9.84 Å². The molecular weight excluding hydrogens is 210 g/mol. The van der Waals surface area contributed by atoms with Gasteiger partial charge in [0.05, 0.1) is 23.0 Å². The summed E-state index contributed by atoms with van der Waals surface area (Å²) in [5, 5.41) is 8.48. The number of rotatable bonds is 5. The molecule has 0 aromatic heterocycles. The van der Waals surface area contributed by atoms with E-state index in [0.29, 0.717) is 6.42 Å². The lowest BCUT2D eigenvalue weighted by Gasteiger charge is -2.14. The molecule has 3 nitrogen and oxygen atoms in total. The minimum atomic E-state index is -3.02. The number of nitriles is 1. The quantitative estimate of drug-likeness (QED) is 0.679. The first kappa shape index (κ1) is 12.5. The Hall–Kier alpha value is -0.560. The molecule has 4 heteroatoms. The van der Waals surface area contributed by atoms with E-state index in [9.17, 15) is 8.42 Å². The van der Waals surface area contributed by atoms with Gasteiger partial charge in [-0.25, -0.2) is 8.42 Å². The Bertz CT molecular complexity index is 329. The van der Waals surface area contributed by atoms with Crippen molar-refractivity contribution in [2.24, 2.45) is 5.92 Å². The molecule has 1 aliphatic carbocycles. The molecule has 2 atom stereocenters. The molecule has 15 heavy (non-hydrogen) atoms. The van der Waals surface area contributed by atoms with Gasteiger partial charge in [-0.1, -0.05) is 26.2 Å². The van der Waals surface area contributed by atoms with Crippen molar-refractivity contribution in [1.29, 1.82) is 5.26 Å². The highest BCUT2D eigenvalue weighted by molar-refractivity contribution is 7.92. The third kappa shape index (κ3) is 3.20. The predicted octanol–water partition coefficient (Wildman–Crippen LogP) is 2.28. The summed E-state index contributed by atoms with van der Waals surface area (Å²) in [6.07, 6.45) is 5.06. The van der Waals surface area contributed by atoms with Gasteiger partial charge < -0.3 is 0 Å². The van der Waals surface area contributed by atoms with Crippen LogP contribution in [-0.4, -0.2) is 19.4 Å². The fourth-order valence-electron chi connectivity index (χ4n) is 2.21. The molecule has 1 saturated carbocycles. The maximum absolute atomic E-state index is 11.9. The van der Waals surface area contributed by atoms with Crippen LogP contribution in [0, 0.1) is 17.2 Å². The van der Waals surface area contributed by atoms with E-state index in [4.69, 9.17) is 5.26 Å². The molecule has 0 amide bonds. The Kier molecular flexibility index (Phi) is 4.59. The van der Waals surface area contributed by atoms with Gasteiger partial charge in [0.2, 0.25) is 0 Å². The number of hydrogen-bond donors (Lipinski definition) is 0. The molecule has 1 rings (SSSR count). The molecule has 0 aromatic rings. The zero-order valence-corrected chi connectivity index (χ0v) is 10.1. The Morgan fingerprint density at radius 3 is 2.67 bits per heavy atom. The molecule has 0 N–H and O–H groups in total. The molecule has 0 spiro atoms. The third-order valence-corrected chi connectivity index (χ3v) is 5.46. The van der Waals surface area contributed by atoms with Gasteiger partial charge in [-0.05, 0) is 19.3 Å². The van der Waals surface area contributed by atoms with E-state index in [1.165, 1.54) is 0 Å². The van der Waals surface area contributed by atoms with Gasteiger partial charge in [0.25, 0.3) is 0 Å². The first-order valence-electron chi connectivity index (χ1n) is 5.73. The second kappa shape index (κ2) is 5.50. The van der Waals surface area contributed by atoms with Crippen LogP contribution >= 0.6 is 0 Å². The van der Waals surface area contributed by atoms with Crippen LogP contribution in [0.2, 0.25) is 0 Å². The Morgan fingerprint density at radius 2 is 2.07 bits per heavy atom. The van der Waals surface area contributed by atoms with Crippen LogP contribution in [0.25, 0.3) is 0 Å². The number of hydrogen-bond acceptors (Lipinski definition) is 3.